The van der Waals surface area contributed by atoms with Gasteiger partial charge in [0.15, 0.2) is 6.10 Å². The molecule has 0 aliphatic carbocycles. The van der Waals surface area contributed by atoms with Crippen LogP contribution in [-0.4, -0.2) is 23.5 Å². The molecule has 0 radical (unpaired) electrons. The smallest absolute Gasteiger partial charge is 0.263 e. The summed E-state index contributed by atoms with van der Waals surface area (Å²) in [7, 11) is 0. The lowest BCUT2D eigenvalue weighted by atomic mass is 9.98. The lowest BCUT2D eigenvalue weighted by Gasteiger charge is -2.27. The SMILES string of the molecule is Cc1cc(OC(C)C(=O)N2CCCC2c2cccs2)ccc1C(C)C. The highest BCUT2D eigenvalue weighted by Gasteiger charge is 2.33. The number of carbonyl (C=O) groups excluding carboxylic acids is 1. The van der Waals surface area contributed by atoms with E-state index >= 15 is 0 Å². The third-order valence-electron chi connectivity index (χ3n) is 4.93. The van der Waals surface area contributed by atoms with Crippen LogP contribution in [-0.2, 0) is 4.79 Å². The third kappa shape index (κ3) is 3.90. The summed E-state index contributed by atoms with van der Waals surface area (Å²) in [6.07, 6.45) is 1.63. The predicted octanol–water partition coefficient (Wildman–Crippen LogP) is 5.31. The molecule has 2 unspecified atom stereocenters. The van der Waals surface area contributed by atoms with E-state index in [9.17, 15) is 4.79 Å². The largest absolute Gasteiger partial charge is 0.481 e. The van der Waals surface area contributed by atoms with Crippen LogP contribution in [0.15, 0.2) is 35.7 Å². The second kappa shape index (κ2) is 7.61. The van der Waals surface area contributed by atoms with E-state index < -0.39 is 6.10 Å². The maximum atomic E-state index is 12.9. The summed E-state index contributed by atoms with van der Waals surface area (Å²) in [5.41, 5.74) is 2.54. The number of hydrogen-bond donors (Lipinski definition) is 0. The van der Waals surface area contributed by atoms with Crippen molar-refractivity contribution in [2.24, 2.45) is 0 Å². The summed E-state index contributed by atoms with van der Waals surface area (Å²) in [6, 6.07) is 10.5. The Bertz CT molecular complexity index is 724. The summed E-state index contributed by atoms with van der Waals surface area (Å²) in [6.45, 7) is 9.15. The first kappa shape index (κ1) is 18.0. The van der Waals surface area contributed by atoms with Gasteiger partial charge in [-0.05, 0) is 67.3 Å². The van der Waals surface area contributed by atoms with Crippen molar-refractivity contribution in [1.82, 2.24) is 4.90 Å². The van der Waals surface area contributed by atoms with Crippen molar-refractivity contribution in [1.29, 1.82) is 0 Å². The van der Waals surface area contributed by atoms with E-state index in [1.54, 1.807) is 11.3 Å². The number of hydrogen-bond acceptors (Lipinski definition) is 3. The average Bonchev–Trinajstić information content (AvgIpc) is 3.24. The van der Waals surface area contributed by atoms with Crippen molar-refractivity contribution >= 4 is 17.2 Å². The van der Waals surface area contributed by atoms with Gasteiger partial charge in [0.2, 0.25) is 0 Å². The second-order valence-corrected chi connectivity index (χ2v) is 8.12. The van der Waals surface area contributed by atoms with Gasteiger partial charge in [0, 0.05) is 11.4 Å². The zero-order chi connectivity index (χ0) is 18.0. The first-order valence-electron chi connectivity index (χ1n) is 9.08. The number of thiophene rings is 1. The molecule has 1 saturated heterocycles. The molecule has 0 spiro atoms. The maximum Gasteiger partial charge on any atom is 0.263 e. The van der Waals surface area contributed by atoms with E-state index in [0.29, 0.717) is 5.92 Å². The van der Waals surface area contributed by atoms with Crippen molar-refractivity contribution in [2.45, 2.75) is 58.6 Å². The van der Waals surface area contributed by atoms with Crippen LogP contribution in [0.2, 0.25) is 0 Å². The normalized spacial score (nSPS) is 18.6. The van der Waals surface area contributed by atoms with Gasteiger partial charge in [-0.3, -0.25) is 4.79 Å². The lowest BCUT2D eigenvalue weighted by Crippen LogP contribution is -2.39. The molecule has 0 N–H and O–H groups in total. The van der Waals surface area contributed by atoms with Gasteiger partial charge in [-0.1, -0.05) is 26.0 Å². The van der Waals surface area contributed by atoms with E-state index in [1.807, 2.05) is 24.0 Å². The number of ether oxygens (including phenoxy) is 1. The van der Waals surface area contributed by atoms with Crippen molar-refractivity contribution in [2.75, 3.05) is 6.54 Å². The lowest BCUT2D eigenvalue weighted by molar-refractivity contribution is -0.138. The van der Waals surface area contributed by atoms with Crippen LogP contribution < -0.4 is 4.74 Å². The van der Waals surface area contributed by atoms with Gasteiger partial charge in [-0.2, -0.15) is 0 Å². The molecule has 0 bridgehead atoms. The fourth-order valence-electron chi connectivity index (χ4n) is 3.66. The van der Waals surface area contributed by atoms with E-state index in [0.717, 1.165) is 25.1 Å². The molecule has 1 amide bonds. The number of amides is 1. The Labute approximate surface area is 154 Å². The Morgan fingerprint density at radius 1 is 1.28 bits per heavy atom. The van der Waals surface area contributed by atoms with Gasteiger partial charge in [0.05, 0.1) is 6.04 Å². The summed E-state index contributed by atoms with van der Waals surface area (Å²) in [5.74, 6) is 1.35. The number of rotatable bonds is 5. The van der Waals surface area contributed by atoms with E-state index in [-0.39, 0.29) is 11.9 Å². The molecule has 25 heavy (non-hydrogen) atoms. The standard InChI is InChI=1S/C21H27NO2S/c1-14(2)18-10-9-17(13-15(18)3)24-16(4)21(23)22-11-5-7-19(22)20-8-6-12-25-20/h6,8-10,12-14,16,19H,5,7,11H2,1-4H3. The molecule has 2 aromatic rings. The minimum Gasteiger partial charge on any atom is -0.481 e. The van der Waals surface area contributed by atoms with Gasteiger partial charge in [0.1, 0.15) is 5.75 Å². The number of carbonyl (C=O) groups is 1. The molecule has 3 rings (SSSR count). The monoisotopic (exact) mass is 357 g/mol. The zero-order valence-electron chi connectivity index (χ0n) is 15.5. The molecule has 1 fully saturated rings. The molecule has 2 heterocycles. The van der Waals surface area contributed by atoms with E-state index in [2.05, 4.69) is 44.4 Å². The molecule has 1 aliphatic rings. The average molecular weight is 358 g/mol. The summed E-state index contributed by atoms with van der Waals surface area (Å²) in [5, 5.41) is 2.08. The van der Waals surface area contributed by atoms with Gasteiger partial charge >= 0.3 is 0 Å². The van der Waals surface area contributed by atoms with Crippen molar-refractivity contribution in [3.8, 4) is 5.75 Å². The Morgan fingerprint density at radius 2 is 2.08 bits per heavy atom. The molecular formula is C21H27NO2S. The van der Waals surface area contributed by atoms with Gasteiger partial charge in [-0.25, -0.2) is 0 Å². The first-order chi connectivity index (χ1) is 12.0. The summed E-state index contributed by atoms with van der Waals surface area (Å²) < 4.78 is 5.98. The molecule has 4 heteroatoms. The highest BCUT2D eigenvalue weighted by Crippen LogP contribution is 2.35. The summed E-state index contributed by atoms with van der Waals surface area (Å²) in [4.78, 5) is 16.2. The topological polar surface area (TPSA) is 29.5 Å². The van der Waals surface area contributed by atoms with Gasteiger partial charge in [-0.15, -0.1) is 11.3 Å². The predicted molar refractivity (Wildman–Crippen MR) is 103 cm³/mol. The van der Waals surface area contributed by atoms with Crippen LogP contribution >= 0.6 is 11.3 Å². The van der Waals surface area contributed by atoms with Crippen LogP contribution in [0.3, 0.4) is 0 Å². The Kier molecular flexibility index (Phi) is 5.48. The van der Waals surface area contributed by atoms with E-state index in [1.165, 1.54) is 16.0 Å². The fraction of sp³-hybridized carbons (Fsp3) is 0.476. The highest BCUT2D eigenvalue weighted by molar-refractivity contribution is 7.10. The van der Waals surface area contributed by atoms with Crippen LogP contribution in [0.25, 0.3) is 0 Å². The Hall–Kier alpha value is -1.81. The molecule has 2 atom stereocenters. The van der Waals surface area contributed by atoms with Crippen molar-refractivity contribution in [3.05, 3.63) is 51.7 Å². The van der Waals surface area contributed by atoms with E-state index in [4.69, 9.17) is 4.74 Å². The van der Waals surface area contributed by atoms with Crippen molar-refractivity contribution in [3.63, 3.8) is 0 Å². The molecular weight excluding hydrogens is 330 g/mol. The zero-order valence-corrected chi connectivity index (χ0v) is 16.3. The second-order valence-electron chi connectivity index (χ2n) is 7.14. The third-order valence-corrected chi connectivity index (χ3v) is 5.90. The molecule has 1 aromatic carbocycles. The molecule has 134 valence electrons. The number of nitrogens with zero attached hydrogens (tertiary/aromatic N) is 1. The van der Waals surface area contributed by atoms with Crippen LogP contribution in [0.1, 0.15) is 61.6 Å². The van der Waals surface area contributed by atoms with Crippen molar-refractivity contribution < 1.29 is 9.53 Å². The van der Waals surface area contributed by atoms with Gasteiger partial charge in [0.25, 0.3) is 5.91 Å². The van der Waals surface area contributed by atoms with Crippen LogP contribution in [0, 0.1) is 6.92 Å². The molecule has 1 aliphatic heterocycles. The Morgan fingerprint density at radius 3 is 2.72 bits per heavy atom. The van der Waals surface area contributed by atoms with Gasteiger partial charge < -0.3 is 9.64 Å². The molecule has 1 aromatic heterocycles. The quantitative estimate of drug-likeness (QED) is 0.725. The minimum absolute atomic E-state index is 0.0847. The maximum absolute atomic E-state index is 12.9. The molecule has 3 nitrogen and oxygen atoms in total. The highest BCUT2D eigenvalue weighted by atomic mass is 32.1. The molecule has 0 saturated carbocycles. The number of aryl methyl sites for hydroxylation is 1. The number of benzene rings is 1. The number of likely N-dealkylation sites (tertiary alicyclic amines) is 1. The first-order valence-corrected chi connectivity index (χ1v) is 9.96. The Balaban J connectivity index is 1.69. The summed E-state index contributed by atoms with van der Waals surface area (Å²) >= 11 is 1.73. The fourth-order valence-corrected chi connectivity index (χ4v) is 4.54. The van der Waals surface area contributed by atoms with Crippen LogP contribution in [0.4, 0.5) is 0 Å². The van der Waals surface area contributed by atoms with Crippen LogP contribution in [0.5, 0.6) is 5.75 Å². The minimum atomic E-state index is -0.468.